The van der Waals surface area contributed by atoms with Crippen LogP contribution in [0.25, 0.3) is 0 Å². The van der Waals surface area contributed by atoms with Crippen molar-refractivity contribution in [1.82, 2.24) is 5.32 Å². The van der Waals surface area contributed by atoms with Crippen molar-refractivity contribution in [3.8, 4) is 5.75 Å². The molecule has 1 unspecified atom stereocenters. The summed E-state index contributed by atoms with van der Waals surface area (Å²) in [4.78, 5) is 0. The first-order valence-electron chi connectivity index (χ1n) is 7.69. The number of hydrogen-bond donors (Lipinski definition) is 1. The van der Waals surface area contributed by atoms with Gasteiger partial charge < -0.3 is 10.1 Å². The average Bonchev–Trinajstić information content (AvgIpc) is 2.43. The molecule has 0 heterocycles. The molecule has 0 aromatic heterocycles. The Bertz CT molecular complexity index is 393. The van der Waals surface area contributed by atoms with Crippen molar-refractivity contribution in [2.75, 3.05) is 13.2 Å². The van der Waals surface area contributed by atoms with Gasteiger partial charge in [0, 0.05) is 17.4 Å². The predicted octanol–water partition coefficient (Wildman–Crippen LogP) is 4.79. The lowest BCUT2D eigenvalue weighted by Gasteiger charge is -2.17. The highest BCUT2D eigenvalue weighted by molar-refractivity contribution is 7.99. The van der Waals surface area contributed by atoms with Gasteiger partial charge in [0.25, 0.3) is 0 Å². The van der Waals surface area contributed by atoms with Gasteiger partial charge in [-0.3, -0.25) is 0 Å². The van der Waals surface area contributed by atoms with Crippen LogP contribution in [0.15, 0.2) is 18.2 Å². The maximum absolute atomic E-state index is 5.75. The molecule has 1 atom stereocenters. The molecule has 0 saturated heterocycles. The second-order valence-electron chi connectivity index (χ2n) is 5.34. The number of benzene rings is 1. The third kappa shape index (κ3) is 5.76. The van der Waals surface area contributed by atoms with E-state index < -0.39 is 0 Å². The van der Waals surface area contributed by atoms with E-state index in [4.69, 9.17) is 4.74 Å². The van der Waals surface area contributed by atoms with E-state index in [1.54, 1.807) is 0 Å². The van der Waals surface area contributed by atoms with Crippen molar-refractivity contribution >= 4 is 11.8 Å². The Labute approximate surface area is 128 Å². The zero-order valence-electron chi connectivity index (χ0n) is 13.5. The first-order valence-corrected chi connectivity index (χ1v) is 8.73. The Morgan fingerprint density at radius 3 is 2.55 bits per heavy atom. The van der Waals surface area contributed by atoms with Crippen molar-refractivity contribution in [2.24, 2.45) is 0 Å². The third-order valence-corrected chi connectivity index (χ3v) is 4.30. The van der Waals surface area contributed by atoms with Crippen molar-refractivity contribution in [2.45, 2.75) is 58.1 Å². The SMILES string of the molecule is CCCNC(C)c1ccc(OCC)c(CSC(C)C)c1. The fourth-order valence-electron chi connectivity index (χ4n) is 2.01. The van der Waals surface area contributed by atoms with Gasteiger partial charge in [-0.1, -0.05) is 26.8 Å². The largest absolute Gasteiger partial charge is 0.494 e. The standard InChI is InChI=1S/C17H29NOS/c1-6-10-18-14(5)15-8-9-17(19-7-2)16(11-15)12-20-13(3)4/h8-9,11,13-14,18H,6-7,10,12H2,1-5H3. The highest BCUT2D eigenvalue weighted by Gasteiger charge is 2.10. The highest BCUT2D eigenvalue weighted by Crippen LogP contribution is 2.28. The fourth-order valence-corrected chi connectivity index (χ4v) is 2.75. The van der Waals surface area contributed by atoms with E-state index in [-0.39, 0.29) is 0 Å². The molecule has 0 aliphatic rings. The summed E-state index contributed by atoms with van der Waals surface area (Å²) in [6, 6.07) is 7.00. The van der Waals surface area contributed by atoms with Crippen LogP contribution < -0.4 is 10.1 Å². The molecule has 1 aromatic carbocycles. The van der Waals surface area contributed by atoms with Gasteiger partial charge in [-0.2, -0.15) is 11.8 Å². The van der Waals surface area contributed by atoms with Gasteiger partial charge in [0.15, 0.2) is 0 Å². The summed E-state index contributed by atoms with van der Waals surface area (Å²) in [5, 5.41) is 4.19. The summed E-state index contributed by atoms with van der Waals surface area (Å²) in [6.07, 6.45) is 1.16. The van der Waals surface area contributed by atoms with E-state index in [0.717, 1.165) is 31.1 Å². The molecule has 0 bridgehead atoms. The van der Waals surface area contributed by atoms with E-state index in [1.165, 1.54) is 11.1 Å². The van der Waals surface area contributed by atoms with Gasteiger partial charge in [-0.05, 0) is 49.8 Å². The van der Waals surface area contributed by atoms with E-state index in [1.807, 2.05) is 18.7 Å². The van der Waals surface area contributed by atoms with Crippen molar-refractivity contribution in [3.63, 3.8) is 0 Å². The van der Waals surface area contributed by atoms with Crippen LogP contribution in [-0.4, -0.2) is 18.4 Å². The van der Waals surface area contributed by atoms with Crippen LogP contribution in [0, 0.1) is 0 Å². The molecule has 0 saturated carbocycles. The lowest BCUT2D eigenvalue weighted by Crippen LogP contribution is -2.19. The zero-order valence-corrected chi connectivity index (χ0v) is 14.3. The Hall–Kier alpha value is -0.670. The Balaban J connectivity index is 2.85. The number of nitrogens with one attached hydrogen (secondary N) is 1. The molecular weight excluding hydrogens is 266 g/mol. The van der Waals surface area contributed by atoms with E-state index in [2.05, 4.69) is 51.2 Å². The first kappa shape index (κ1) is 17.4. The van der Waals surface area contributed by atoms with Gasteiger partial charge in [0.05, 0.1) is 6.61 Å². The van der Waals surface area contributed by atoms with E-state index >= 15 is 0 Å². The van der Waals surface area contributed by atoms with E-state index in [0.29, 0.717) is 11.3 Å². The summed E-state index contributed by atoms with van der Waals surface area (Å²) in [5.74, 6) is 2.05. The molecule has 0 amide bonds. The molecule has 2 nitrogen and oxygen atoms in total. The molecule has 114 valence electrons. The summed E-state index contributed by atoms with van der Waals surface area (Å²) in [6.45, 7) is 12.7. The van der Waals surface area contributed by atoms with Crippen LogP contribution in [0.1, 0.15) is 58.2 Å². The molecule has 3 heteroatoms. The number of rotatable bonds is 9. The molecule has 1 aromatic rings. The Kier molecular flexibility index (Phi) is 8.08. The molecule has 0 aliphatic heterocycles. The first-order chi connectivity index (χ1) is 9.58. The van der Waals surface area contributed by atoms with Gasteiger partial charge in [0.1, 0.15) is 5.75 Å². The maximum Gasteiger partial charge on any atom is 0.123 e. The highest BCUT2D eigenvalue weighted by atomic mass is 32.2. The lowest BCUT2D eigenvalue weighted by molar-refractivity contribution is 0.337. The Morgan fingerprint density at radius 1 is 1.20 bits per heavy atom. The fraction of sp³-hybridized carbons (Fsp3) is 0.647. The second-order valence-corrected chi connectivity index (χ2v) is 6.90. The minimum Gasteiger partial charge on any atom is -0.494 e. The normalized spacial score (nSPS) is 12.7. The van der Waals surface area contributed by atoms with Gasteiger partial charge in [0.2, 0.25) is 0 Å². The lowest BCUT2D eigenvalue weighted by atomic mass is 10.0. The average molecular weight is 295 g/mol. The smallest absolute Gasteiger partial charge is 0.123 e. The van der Waals surface area contributed by atoms with Crippen LogP contribution in [0.2, 0.25) is 0 Å². The predicted molar refractivity (Wildman–Crippen MR) is 90.8 cm³/mol. The van der Waals surface area contributed by atoms with Gasteiger partial charge >= 0.3 is 0 Å². The summed E-state index contributed by atoms with van der Waals surface area (Å²) in [5.41, 5.74) is 2.66. The van der Waals surface area contributed by atoms with E-state index in [9.17, 15) is 0 Å². The minimum absolute atomic E-state index is 0.397. The molecule has 1 rings (SSSR count). The maximum atomic E-state index is 5.75. The van der Waals surface area contributed by atoms with Gasteiger partial charge in [-0.15, -0.1) is 0 Å². The molecular formula is C17H29NOS. The molecule has 0 fully saturated rings. The Morgan fingerprint density at radius 2 is 1.95 bits per heavy atom. The molecule has 1 N–H and O–H groups in total. The van der Waals surface area contributed by atoms with Gasteiger partial charge in [-0.25, -0.2) is 0 Å². The summed E-state index contributed by atoms with van der Waals surface area (Å²) in [7, 11) is 0. The zero-order chi connectivity index (χ0) is 15.0. The summed E-state index contributed by atoms with van der Waals surface area (Å²) >= 11 is 1.96. The quantitative estimate of drug-likeness (QED) is 0.708. The van der Waals surface area contributed by atoms with Crippen molar-refractivity contribution < 1.29 is 4.74 Å². The second kappa shape index (κ2) is 9.30. The summed E-state index contributed by atoms with van der Waals surface area (Å²) < 4.78 is 5.75. The minimum atomic E-state index is 0.397. The number of ether oxygens (including phenoxy) is 1. The molecule has 0 radical (unpaired) electrons. The van der Waals surface area contributed by atoms with Crippen LogP contribution in [0.4, 0.5) is 0 Å². The number of hydrogen-bond acceptors (Lipinski definition) is 3. The third-order valence-electron chi connectivity index (χ3n) is 3.16. The topological polar surface area (TPSA) is 21.3 Å². The molecule has 0 spiro atoms. The van der Waals surface area contributed by atoms with Crippen LogP contribution in [0.5, 0.6) is 5.75 Å². The van der Waals surface area contributed by atoms with Crippen LogP contribution in [0.3, 0.4) is 0 Å². The van der Waals surface area contributed by atoms with Crippen molar-refractivity contribution in [1.29, 1.82) is 0 Å². The van der Waals surface area contributed by atoms with Crippen LogP contribution in [-0.2, 0) is 5.75 Å². The monoisotopic (exact) mass is 295 g/mol. The molecule has 20 heavy (non-hydrogen) atoms. The van der Waals surface area contributed by atoms with Crippen LogP contribution >= 0.6 is 11.8 Å². The molecule has 0 aliphatic carbocycles. The number of thioether (sulfide) groups is 1. The van der Waals surface area contributed by atoms with Crippen molar-refractivity contribution in [3.05, 3.63) is 29.3 Å².